The van der Waals surface area contributed by atoms with E-state index in [1.807, 2.05) is 45.0 Å². The van der Waals surface area contributed by atoms with Gasteiger partial charge in [0.05, 0.1) is 25.4 Å². The third-order valence-corrected chi connectivity index (χ3v) is 5.73. The summed E-state index contributed by atoms with van der Waals surface area (Å²) < 4.78 is 17.4. The van der Waals surface area contributed by atoms with Gasteiger partial charge in [0.15, 0.2) is 11.5 Å². The van der Waals surface area contributed by atoms with Crippen molar-refractivity contribution in [1.29, 1.82) is 0 Å². The molecule has 3 rings (SSSR count). The van der Waals surface area contributed by atoms with Crippen molar-refractivity contribution in [3.05, 3.63) is 89.0 Å². The van der Waals surface area contributed by atoms with Crippen LogP contribution in [-0.2, 0) is 13.0 Å². The Hall–Kier alpha value is -4.00. The number of hydrogen-bond donors (Lipinski definition) is 1. The zero-order valence-corrected chi connectivity index (χ0v) is 21.7. The van der Waals surface area contributed by atoms with Crippen LogP contribution in [0.5, 0.6) is 17.2 Å². The molecule has 1 N–H and O–H groups in total. The Balaban J connectivity index is 1.93. The van der Waals surface area contributed by atoms with Gasteiger partial charge in [-0.3, -0.25) is 4.79 Å². The van der Waals surface area contributed by atoms with Crippen LogP contribution < -0.4 is 14.2 Å². The predicted octanol–water partition coefficient (Wildman–Crippen LogP) is 5.86. The van der Waals surface area contributed by atoms with Crippen molar-refractivity contribution in [2.24, 2.45) is 0 Å². The summed E-state index contributed by atoms with van der Waals surface area (Å²) in [5.74, 6) is 0.191. The minimum atomic E-state index is -1.00. The van der Waals surface area contributed by atoms with Gasteiger partial charge < -0.3 is 24.2 Å². The molecule has 0 saturated carbocycles. The van der Waals surface area contributed by atoms with Crippen molar-refractivity contribution < 1.29 is 28.9 Å². The SMILES string of the molecule is CCOc1cc(C(=O)N(CCCc2ccccc2)Cc2cccc(C(=O)O)c2)cc(OCC)c1OCC. The number of aryl methyl sites for hydroxylation is 1. The van der Waals surface area contributed by atoms with Gasteiger partial charge in [-0.15, -0.1) is 0 Å². The summed E-state index contributed by atoms with van der Waals surface area (Å²) >= 11 is 0. The molecule has 7 heteroatoms. The monoisotopic (exact) mass is 505 g/mol. The highest BCUT2D eigenvalue weighted by Crippen LogP contribution is 2.39. The lowest BCUT2D eigenvalue weighted by Crippen LogP contribution is -2.32. The molecular weight excluding hydrogens is 470 g/mol. The number of hydrogen-bond acceptors (Lipinski definition) is 5. The fraction of sp³-hybridized carbons (Fsp3) is 0.333. The number of carboxylic acid groups (broad SMARTS) is 1. The highest BCUT2D eigenvalue weighted by molar-refractivity contribution is 5.95. The number of nitrogens with zero attached hydrogens (tertiary/aromatic N) is 1. The highest BCUT2D eigenvalue weighted by Gasteiger charge is 2.22. The molecule has 37 heavy (non-hydrogen) atoms. The number of rotatable bonds is 14. The fourth-order valence-corrected chi connectivity index (χ4v) is 4.09. The van der Waals surface area contributed by atoms with Crippen molar-refractivity contribution in [3.63, 3.8) is 0 Å². The largest absolute Gasteiger partial charge is 0.490 e. The lowest BCUT2D eigenvalue weighted by Gasteiger charge is -2.24. The molecule has 3 aromatic rings. The topological polar surface area (TPSA) is 85.3 Å². The van der Waals surface area contributed by atoms with Gasteiger partial charge in [-0.1, -0.05) is 42.5 Å². The second-order valence-electron chi connectivity index (χ2n) is 8.42. The molecule has 1 amide bonds. The number of carboxylic acids is 1. The van der Waals surface area contributed by atoms with Gasteiger partial charge in [-0.05, 0) is 69.0 Å². The van der Waals surface area contributed by atoms with Crippen LogP contribution in [0.3, 0.4) is 0 Å². The maximum Gasteiger partial charge on any atom is 0.335 e. The van der Waals surface area contributed by atoms with E-state index in [1.54, 1.807) is 35.2 Å². The van der Waals surface area contributed by atoms with Crippen molar-refractivity contribution in [3.8, 4) is 17.2 Å². The first-order chi connectivity index (χ1) is 18.0. The molecule has 0 radical (unpaired) electrons. The smallest absolute Gasteiger partial charge is 0.335 e. The van der Waals surface area contributed by atoms with Gasteiger partial charge in [-0.2, -0.15) is 0 Å². The average Bonchev–Trinajstić information content (AvgIpc) is 2.90. The number of benzene rings is 3. The Bertz CT molecular complexity index is 1150. The zero-order chi connectivity index (χ0) is 26.6. The summed E-state index contributed by atoms with van der Waals surface area (Å²) in [6, 6.07) is 20.2. The molecule has 0 bridgehead atoms. The van der Waals surface area contributed by atoms with E-state index in [1.165, 1.54) is 5.56 Å². The quantitative estimate of drug-likeness (QED) is 0.296. The van der Waals surface area contributed by atoms with Crippen LogP contribution in [-0.4, -0.2) is 48.2 Å². The van der Waals surface area contributed by atoms with Crippen molar-refractivity contribution in [2.75, 3.05) is 26.4 Å². The van der Waals surface area contributed by atoms with Crippen LogP contribution in [0.15, 0.2) is 66.7 Å². The maximum absolute atomic E-state index is 13.9. The van der Waals surface area contributed by atoms with E-state index in [0.29, 0.717) is 49.2 Å². The van der Waals surface area contributed by atoms with Gasteiger partial charge in [0.2, 0.25) is 5.75 Å². The fourth-order valence-electron chi connectivity index (χ4n) is 4.09. The molecule has 0 heterocycles. The third-order valence-electron chi connectivity index (χ3n) is 5.73. The van der Waals surface area contributed by atoms with E-state index in [2.05, 4.69) is 12.1 Å². The van der Waals surface area contributed by atoms with Crippen LogP contribution in [0, 0.1) is 0 Å². The molecule has 0 saturated heterocycles. The van der Waals surface area contributed by atoms with Crippen molar-refractivity contribution in [1.82, 2.24) is 4.90 Å². The molecule has 0 spiro atoms. The maximum atomic E-state index is 13.9. The summed E-state index contributed by atoms with van der Waals surface area (Å²) in [4.78, 5) is 27.1. The van der Waals surface area contributed by atoms with Crippen LogP contribution in [0.25, 0.3) is 0 Å². The molecule has 3 aromatic carbocycles. The first-order valence-electron chi connectivity index (χ1n) is 12.7. The zero-order valence-electron chi connectivity index (χ0n) is 21.7. The van der Waals surface area contributed by atoms with E-state index in [-0.39, 0.29) is 18.0 Å². The number of amides is 1. The Morgan fingerprint density at radius 1 is 0.757 bits per heavy atom. The summed E-state index contributed by atoms with van der Waals surface area (Å²) in [6.07, 6.45) is 1.57. The molecule has 7 nitrogen and oxygen atoms in total. The number of carbonyl (C=O) groups excluding carboxylic acids is 1. The van der Waals surface area contributed by atoms with Crippen LogP contribution >= 0.6 is 0 Å². The summed E-state index contributed by atoms with van der Waals surface area (Å²) in [6.45, 7) is 7.63. The van der Waals surface area contributed by atoms with E-state index in [9.17, 15) is 14.7 Å². The summed E-state index contributed by atoms with van der Waals surface area (Å²) in [7, 11) is 0. The van der Waals surface area contributed by atoms with E-state index < -0.39 is 5.97 Å². The second kappa shape index (κ2) is 13.9. The molecule has 0 fully saturated rings. The van der Waals surface area contributed by atoms with Crippen molar-refractivity contribution >= 4 is 11.9 Å². The molecule has 0 aromatic heterocycles. The first kappa shape index (κ1) is 27.6. The van der Waals surface area contributed by atoms with Crippen molar-refractivity contribution in [2.45, 2.75) is 40.2 Å². The molecule has 0 aliphatic rings. The minimum Gasteiger partial charge on any atom is -0.490 e. The second-order valence-corrected chi connectivity index (χ2v) is 8.42. The molecule has 0 aliphatic heterocycles. The summed E-state index contributed by atoms with van der Waals surface area (Å²) in [5, 5.41) is 9.41. The summed E-state index contributed by atoms with van der Waals surface area (Å²) in [5.41, 5.74) is 2.55. The van der Waals surface area contributed by atoms with Crippen LogP contribution in [0.1, 0.15) is 59.0 Å². The Labute approximate surface area is 218 Å². The minimum absolute atomic E-state index is 0.188. The number of carbonyl (C=O) groups is 2. The Morgan fingerprint density at radius 3 is 1.97 bits per heavy atom. The molecule has 196 valence electrons. The molecule has 0 aliphatic carbocycles. The standard InChI is InChI=1S/C30H35NO6/c1-4-35-26-19-25(20-27(36-5-2)28(26)37-6-3)29(32)31(17-11-15-22-12-8-7-9-13-22)21-23-14-10-16-24(18-23)30(33)34/h7-10,12-14,16,18-20H,4-6,11,15,17,21H2,1-3H3,(H,33,34). The molecule has 0 unspecified atom stereocenters. The first-order valence-corrected chi connectivity index (χ1v) is 12.7. The van der Waals surface area contributed by atoms with Gasteiger partial charge in [0.1, 0.15) is 0 Å². The van der Waals surface area contributed by atoms with E-state index in [4.69, 9.17) is 14.2 Å². The third kappa shape index (κ3) is 7.74. The Kier molecular flexibility index (Phi) is 10.4. The van der Waals surface area contributed by atoms with Gasteiger partial charge in [0, 0.05) is 18.7 Å². The lowest BCUT2D eigenvalue weighted by atomic mass is 10.1. The number of ether oxygens (including phenoxy) is 3. The number of aromatic carboxylic acids is 1. The van der Waals surface area contributed by atoms with E-state index in [0.717, 1.165) is 18.4 Å². The normalized spacial score (nSPS) is 10.6. The van der Waals surface area contributed by atoms with Crippen LogP contribution in [0.2, 0.25) is 0 Å². The van der Waals surface area contributed by atoms with Gasteiger partial charge in [-0.25, -0.2) is 4.79 Å². The lowest BCUT2D eigenvalue weighted by molar-refractivity contribution is 0.0696. The Morgan fingerprint density at radius 2 is 1.38 bits per heavy atom. The van der Waals surface area contributed by atoms with Gasteiger partial charge >= 0.3 is 5.97 Å². The van der Waals surface area contributed by atoms with Crippen LogP contribution in [0.4, 0.5) is 0 Å². The molecule has 0 atom stereocenters. The van der Waals surface area contributed by atoms with Gasteiger partial charge in [0.25, 0.3) is 5.91 Å². The molecular formula is C30H35NO6. The van der Waals surface area contributed by atoms with E-state index >= 15 is 0 Å². The predicted molar refractivity (Wildman–Crippen MR) is 143 cm³/mol. The average molecular weight is 506 g/mol. The highest BCUT2D eigenvalue weighted by atomic mass is 16.5.